The van der Waals surface area contributed by atoms with Crippen LogP contribution in [0.3, 0.4) is 0 Å². The number of carbonyl (C=O) groups is 2. The molecule has 1 atom stereocenters. The summed E-state index contributed by atoms with van der Waals surface area (Å²) in [7, 11) is -4.09. The van der Waals surface area contributed by atoms with Crippen LogP contribution in [0.15, 0.2) is 41.3 Å². The number of ether oxygens (including phenoxy) is 1. The van der Waals surface area contributed by atoms with Crippen LogP contribution in [-0.2, 0) is 28.6 Å². The van der Waals surface area contributed by atoms with Crippen molar-refractivity contribution in [1.29, 1.82) is 0 Å². The van der Waals surface area contributed by atoms with Crippen molar-refractivity contribution in [2.75, 3.05) is 6.61 Å². The first kappa shape index (κ1) is 20.1. The molecule has 24 heavy (non-hydrogen) atoms. The number of rotatable bonds is 8. The molecule has 0 aliphatic heterocycles. The number of benzene rings is 1. The topological polar surface area (TPSA) is 86.7 Å². The Kier molecular flexibility index (Phi) is 7.31. The Bertz CT molecular complexity index is 701. The lowest BCUT2D eigenvalue weighted by molar-refractivity contribution is -0.137. The summed E-state index contributed by atoms with van der Waals surface area (Å²) in [5.74, 6) is -1.69. The van der Waals surface area contributed by atoms with E-state index in [9.17, 15) is 18.0 Å². The zero-order chi connectivity index (χ0) is 18.3. The number of carbonyl (C=O) groups excluding carboxylic acids is 2. The lowest BCUT2D eigenvalue weighted by atomic mass is 10.0. The highest BCUT2D eigenvalue weighted by Crippen LogP contribution is 2.19. The van der Waals surface area contributed by atoms with E-state index in [1.807, 2.05) is 6.92 Å². The van der Waals surface area contributed by atoms with Crippen LogP contribution in [0.4, 0.5) is 0 Å². The molecule has 6 nitrogen and oxygen atoms in total. The van der Waals surface area contributed by atoms with Gasteiger partial charge in [-0.05, 0) is 38.0 Å². The van der Waals surface area contributed by atoms with Gasteiger partial charge in [0.05, 0.1) is 11.5 Å². The van der Waals surface area contributed by atoms with E-state index in [2.05, 4.69) is 4.74 Å². The lowest BCUT2D eigenvalue weighted by Gasteiger charge is -2.18. The molecule has 0 fully saturated rings. The van der Waals surface area contributed by atoms with Crippen LogP contribution in [-0.4, -0.2) is 32.9 Å². The first-order valence-electron chi connectivity index (χ1n) is 7.56. The van der Waals surface area contributed by atoms with Crippen molar-refractivity contribution >= 4 is 21.9 Å². The molecule has 0 spiro atoms. The predicted octanol–water partition coefficient (Wildman–Crippen LogP) is 2.41. The number of esters is 1. The SMILES string of the molecule is CCOC(=O)/C=C/C(=O)C(OS(=O)(=O)c1ccc(C)cc1)C(C)C. The Morgan fingerprint density at radius 1 is 1.12 bits per heavy atom. The second kappa shape index (κ2) is 8.75. The first-order chi connectivity index (χ1) is 11.2. The van der Waals surface area contributed by atoms with Gasteiger partial charge in [0.1, 0.15) is 6.10 Å². The summed E-state index contributed by atoms with van der Waals surface area (Å²) in [5, 5.41) is 0. The number of hydrogen-bond acceptors (Lipinski definition) is 6. The van der Waals surface area contributed by atoms with Crippen molar-refractivity contribution in [3.8, 4) is 0 Å². The third kappa shape index (κ3) is 5.90. The summed E-state index contributed by atoms with van der Waals surface area (Å²) in [6, 6.07) is 6.12. The third-order valence-corrected chi connectivity index (χ3v) is 4.41. The first-order valence-corrected chi connectivity index (χ1v) is 8.96. The third-order valence-electron chi connectivity index (χ3n) is 3.10. The fourth-order valence-corrected chi connectivity index (χ4v) is 2.99. The monoisotopic (exact) mass is 354 g/mol. The molecule has 0 radical (unpaired) electrons. The number of aryl methyl sites for hydroxylation is 1. The van der Waals surface area contributed by atoms with E-state index in [-0.39, 0.29) is 11.5 Å². The fourth-order valence-electron chi connectivity index (χ4n) is 1.82. The van der Waals surface area contributed by atoms with Gasteiger partial charge in [0, 0.05) is 6.08 Å². The molecule has 1 aromatic carbocycles. The molecule has 1 unspecified atom stereocenters. The van der Waals surface area contributed by atoms with Gasteiger partial charge in [-0.1, -0.05) is 31.5 Å². The van der Waals surface area contributed by atoms with Gasteiger partial charge in [0.15, 0.2) is 5.78 Å². The second-order valence-electron chi connectivity index (χ2n) is 5.52. The van der Waals surface area contributed by atoms with Crippen molar-refractivity contribution in [3.05, 3.63) is 42.0 Å². The lowest BCUT2D eigenvalue weighted by Crippen LogP contribution is -2.31. The normalized spacial score (nSPS) is 13.2. The van der Waals surface area contributed by atoms with Crippen LogP contribution in [0.25, 0.3) is 0 Å². The van der Waals surface area contributed by atoms with Gasteiger partial charge in [-0.15, -0.1) is 0 Å². The zero-order valence-electron chi connectivity index (χ0n) is 14.2. The van der Waals surface area contributed by atoms with E-state index >= 15 is 0 Å². The van der Waals surface area contributed by atoms with Crippen molar-refractivity contribution in [3.63, 3.8) is 0 Å². The molecule has 0 aliphatic rings. The van der Waals surface area contributed by atoms with Crippen LogP contribution in [0.1, 0.15) is 26.3 Å². The zero-order valence-corrected chi connectivity index (χ0v) is 15.0. The summed E-state index contributed by atoms with van der Waals surface area (Å²) in [5.41, 5.74) is 0.905. The maximum atomic E-state index is 12.3. The summed E-state index contributed by atoms with van der Waals surface area (Å²) in [6.07, 6.45) is 0.720. The van der Waals surface area contributed by atoms with E-state index in [1.165, 1.54) is 12.1 Å². The molecule has 1 rings (SSSR count). The molecule has 0 heterocycles. The van der Waals surface area contributed by atoms with Crippen LogP contribution < -0.4 is 0 Å². The summed E-state index contributed by atoms with van der Waals surface area (Å²) >= 11 is 0. The van der Waals surface area contributed by atoms with Gasteiger partial charge < -0.3 is 4.74 Å². The van der Waals surface area contributed by atoms with Gasteiger partial charge in [-0.3, -0.25) is 8.98 Å². The summed E-state index contributed by atoms with van der Waals surface area (Å²) in [4.78, 5) is 23.4. The summed E-state index contributed by atoms with van der Waals surface area (Å²) < 4.78 is 34.4. The highest BCUT2D eigenvalue weighted by Gasteiger charge is 2.28. The van der Waals surface area contributed by atoms with Crippen LogP contribution in [0, 0.1) is 12.8 Å². The molecule has 0 saturated heterocycles. The Hall–Kier alpha value is -1.99. The van der Waals surface area contributed by atoms with Crippen LogP contribution in [0.2, 0.25) is 0 Å². The van der Waals surface area contributed by atoms with Gasteiger partial charge in [0.25, 0.3) is 10.1 Å². The largest absolute Gasteiger partial charge is 0.463 e. The quantitative estimate of drug-likeness (QED) is 0.405. The number of ketones is 1. The molecular formula is C17H22O6S. The highest BCUT2D eigenvalue weighted by atomic mass is 32.2. The maximum absolute atomic E-state index is 12.3. The molecule has 0 aliphatic carbocycles. The average molecular weight is 354 g/mol. The van der Waals surface area contributed by atoms with E-state index < -0.39 is 33.9 Å². The average Bonchev–Trinajstić information content (AvgIpc) is 2.51. The van der Waals surface area contributed by atoms with Crippen molar-refractivity contribution < 1.29 is 26.9 Å². The maximum Gasteiger partial charge on any atom is 0.330 e. The fraction of sp³-hybridized carbons (Fsp3) is 0.412. The van der Waals surface area contributed by atoms with Crippen LogP contribution in [0.5, 0.6) is 0 Å². The standard InChI is InChI=1S/C17H22O6S/c1-5-22-16(19)11-10-15(18)17(12(2)3)23-24(20,21)14-8-6-13(4)7-9-14/h6-12,17H,5H2,1-4H3/b11-10+. The van der Waals surface area contributed by atoms with E-state index in [1.54, 1.807) is 32.9 Å². The minimum absolute atomic E-state index is 0.0269. The van der Waals surface area contributed by atoms with E-state index in [0.29, 0.717) is 0 Å². The smallest absolute Gasteiger partial charge is 0.330 e. The molecule has 0 N–H and O–H groups in total. The summed E-state index contributed by atoms with van der Waals surface area (Å²) in [6.45, 7) is 6.97. The van der Waals surface area contributed by atoms with Gasteiger partial charge in [-0.2, -0.15) is 8.42 Å². The second-order valence-corrected chi connectivity index (χ2v) is 7.09. The molecule has 0 saturated carbocycles. The van der Waals surface area contributed by atoms with Crippen molar-refractivity contribution in [2.45, 2.75) is 38.7 Å². The molecular weight excluding hydrogens is 332 g/mol. The molecule has 0 bridgehead atoms. The molecule has 0 aromatic heterocycles. The Balaban J connectivity index is 2.94. The van der Waals surface area contributed by atoms with Crippen molar-refractivity contribution in [2.24, 2.45) is 5.92 Å². The molecule has 7 heteroatoms. The molecule has 1 aromatic rings. The van der Waals surface area contributed by atoms with Gasteiger partial charge in [-0.25, -0.2) is 4.79 Å². The van der Waals surface area contributed by atoms with E-state index in [0.717, 1.165) is 17.7 Å². The van der Waals surface area contributed by atoms with E-state index in [4.69, 9.17) is 4.18 Å². The van der Waals surface area contributed by atoms with Gasteiger partial charge in [0.2, 0.25) is 0 Å². The predicted molar refractivity (Wildman–Crippen MR) is 88.9 cm³/mol. The Morgan fingerprint density at radius 2 is 1.71 bits per heavy atom. The number of hydrogen-bond donors (Lipinski definition) is 0. The molecule has 0 amide bonds. The Morgan fingerprint density at radius 3 is 2.21 bits per heavy atom. The van der Waals surface area contributed by atoms with Gasteiger partial charge >= 0.3 is 5.97 Å². The van der Waals surface area contributed by atoms with Crippen LogP contribution >= 0.6 is 0 Å². The highest BCUT2D eigenvalue weighted by molar-refractivity contribution is 7.86. The molecule has 132 valence electrons. The minimum Gasteiger partial charge on any atom is -0.463 e. The van der Waals surface area contributed by atoms with Crippen molar-refractivity contribution in [1.82, 2.24) is 0 Å². The Labute approximate surface area is 142 Å². The minimum atomic E-state index is -4.09.